The molecule has 30 heavy (non-hydrogen) atoms. The zero-order chi connectivity index (χ0) is 22.1. The minimum atomic E-state index is -0.502. The molecule has 0 aliphatic carbocycles. The van der Waals surface area contributed by atoms with E-state index in [2.05, 4.69) is 11.4 Å². The summed E-state index contributed by atoms with van der Waals surface area (Å²) in [6.45, 7) is 8.40. The van der Waals surface area contributed by atoms with Crippen LogP contribution in [0.15, 0.2) is 48.5 Å². The van der Waals surface area contributed by atoms with E-state index in [0.29, 0.717) is 30.8 Å². The van der Waals surface area contributed by atoms with Crippen molar-refractivity contribution in [2.24, 2.45) is 0 Å². The van der Waals surface area contributed by atoms with Gasteiger partial charge < -0.3 is 10.2 Å². The van der Waals surface area contributed by atoms with Gasteiger partial charge in [0.2, 0.25) is 11.8 Å². The molecule has 1 N–H and O–H groups in total. The van der Waals surface area contributed by atoms with Crippen LogP contribution in [-0.4, -0.2) is 28.8 Å². The van der Waals surface area contributed by atoms with Gasteiger partial charge >= 0.3 is 0 Å². The van der Waals surface area contributed by atoms with Gasteiger partial charge in [-0.05, 0) is 50.3 Å². The SMILES string of the molecule is CC[C@H](C(=O)N[C@@H](C)CC)N(Cc1cccc(C)c1)C(=O)CCc1ccccc1Cl. The maximum Gasteiger partial charge on any atom is 0.243 e. The quantitative estimate of drug-likeness (QED) is 0.558. The highest BCUT2D eigenvalue weighted by molar-refractivity contribution is 6.31. The lowest BCUT2D eigenvalue weighted by Crippen LogP contribution is -2.50. The van der Waals surface area contributed by atoms with E-state index in [1.807, 2.05) is 70.2 Å². The van der Waals surface area contributed by atoms with Crippen LogP contribution in [0.3, 0.4) is 0 Å². The first-order valence-corrected chi connectivity index (χ1v) is 11.1. The third-order valence-electron chi connectivity index (χ3n) is 5.39. The molecule has 2 aromatic rings. The Morgan fingerprint density at radius 3 is 2.43 bits per heavy atom. The maximum absolute atomic E-state index is 13.3. The average molecular weight is 429 g/mol. The zero-order valence-electron chi connectivity index (χ0n) is 18.5. The van der Waals surface area contributed by atoms with Gasteiger partial charge in [-0.25, -0.2) is 0 Å². The summed E-state index contributed by atoms with van der Waals surface area (Å²) in [5, 5.41) is 3.71. The van der Waals surface area contributed by atoms with Crippen molar-refractivity contribution in [2.75, 3.05) is 0 Å². The third-order valence-corrected chi connectivity index (χ3v) is 5.76. The molecule has 0 saturated carbocycles. The molecular weight excluding hydrogens is 396 g/mol. The second-order valence-corrected chi connectivity index (χ2v) is 8.25. The molecule has 4 nitrogen and oxygen atoms in total. The van der Waals surface area contributed by atoms with Crippen LogP contribution in [0.25, 0.3) is 0 Å². The summed E-state index contributed by atoms with van der Waals surface area (Å²) in [4.78, 5) is 28.0. The van der Waals surface area contributed by atoms with E-state index in [1.165, 1.54) is 0 Å². The highest BCUT2D eigenvalue weighted by Gasteiger charge is 2.29. The van der Waals surface area contributed by atoms with Crippen molar-refractivity contribution in [3.8, 4) is 0 Å². The van der Waals surface area contributed by atoms with Gasteiger partial charge in [0.15, 0.2) is 0 Å². The van der Waals surface area contributed by atoms with Crippen LogP contribution in [-0.2, 0) is 22.6 Å². The fraction of sp³-hybridized carbons (Fsp3) is 0.440. The first-order chi connectivity index (χ1) is 14.3. The number of benzene rings is 2. The summed E-state index contributed by atoms with van der Waals surface area (Å²) in [7, 11) is 0. The third kappa shape index (κ3) is 6.88. The molecule has 0 aromatic heterocycles. The molecule has 5 heteroatoms. The van der Waals surface area contributed by atoms with E-state index >= 15 is 0 Å². The molecule has 0 saturated heterocycles. The zero-order valence-corrected chi connectivity index (χ0v) is 19.2. The molecule has 2 aromatic carbocycles. The van der Waals surface area contributed by atoms with Gasteiger partial charge in [-0.2, -0.15) is 0 Å². The van der Waals surface area contributed by atoms with Gasteiger partial charge in [0.1, 0.15) is 6.04 Å². The van der Waals surface area contributed by atoms with E-state index in [1.54, 1.807) is 4.90 Å². The number of halogens is 1. The minimum Gasteiger partial charge on any atom is -0.352 e. The first-order valence-electron chi connectivity index (χ1n) is 10.7. The fourth-order valence-corrected chi connectivity index (χ4v) is 3.68. The molecule has 0 fully saturated rings. The molecular formula is C25H33ClN2O2. The molecule has 2 rings (SSSR count). The highest BCUT2D eigenvalue weighted by Crippen LogP contribution is 2.19. The van der Waals surface area contributed by atoms with Gasteiger partial charge in [-0.3, -0.25) is 9.59 Å². The van der Waals surface area contributed by atoms with Crippen molar-refractivity contribution >= 4 is 23.4 Å². The van der Waals surface area contributed by atoms with Crippen LogP contribution < -0.4 is 5.32 Å². The lowest BCUT2D eigenvalue weighted by atomic mass is 10.0. The van der Waals surface area contributed by atoms with Crippen LogP contribution in [0.4, 0.5) is 0 Å². The van der Waals surface area contributed by atoms with Crippen LogP contribution >= 0.6 is 11.6 Å². The number of aryl methyl sites for hydroxylation is 2. The summed E-state index contributed by atoms with van der Waals surface area (Å²) in [5.74, 6) is -0.131. The van der Waals surface area contributed by atoms with E-state index in [-0.39, 0.29) is 17.9 Å². The highest BCUT2D eigenvalue weighted by atomic mass is 35.5. The number of nitrogens with zero attached hydrogens (tertiary/aromatic N) is 1. The number of carbonyl (C=O) groups excluding carboxylic acids is 2. The summed E-state index contributed by atoms with van der Waals surface area (Å²) in [5.41, 5.74) is 3.10. The summed E-state index contributed by atoms with van der Waals surface area (Å²) in [6.07, 6.45) is 2.27. The Hall–Kier alpha value is -2.33. The van der Waals surface area contributed by atoms with Crippen molar-refractivity contribution in [3.05, 3.63) is 70.2 Å². The Bertz CT molecular complexity index is 853. The topological polar surface area (TPSA) is 49.4 Å². The van der Waals surface area contributed by atoms with Crippen LogP contribution in [0.1, 0.15) is 56.7 Å². The number of hydrogen-bond donors (Lipinski definition) is 1. The van der Waals surface area contributed by atoms with Crippen molar-refractivity contribution in [3.63, 3.8) is 0 Å². The molecule has 0 bridgehead atoms. The van der Waals surface area contributed by atoms with E-state index in [9.17, 15) is 9.59 Å². The number of carbonyl (C=O) groups is 2. The number of amides is 2. The maximum atomic E-state index is 13.3. The first kappa shape index (κ1) is 23.9. The van der Waals surface area contributed by atoms with Crippen molar-refractivity contribution in [1.29, 1.82) is 0 Å². The lowest BCUT2D eigenvalue weighted by Gasteiger charge is -2.31. The van der Waals surface area contributed by atoms with Gasteiger partial charge in [0, 0.05) is 24.0 Å². The Morgan fingerprint density at radius 1 is 1.07 bits per heavy atom. The average Bonchev–Trinajstić information content (AvgIpc) is 2.72. The summed E-state index contributed by atoms with van der Waals surface area (Å²) in [6, 6.07) is 15.2. The lowest BCUT2D eigenvalue weighted by molar-refractivity contribution is -0.141. The Morgan fingerprint density at radius 2 is 1.80 bits per heavy atom. The fourth-order valence-electron chi connectivity index (χ4n) is 3.45. The van der Waals surface area contributed by atoms with Crippen LogP contribution in [0, 0.1) is 6.92 Å². The normalized spacial score (nSPS) is 12.8. The van der Waals surface area contributed by atoms with Gasteiger partial charge in [0.05, 0.1) is 0 Å². The smallest absolute Gasteiger partial charge is 0.243 e. The van der Waals surface area contributed by atoms with Gasteiger partial charge in [-0.1, -0.05) is 73.5 Å². The second kappa shape index (κ2) is 11.8. The van der Waals surface area contributed by atoms with E-state index in [0.717, 1.165) is 23.1 Å². The molecule has 0 spiro atoms. The molecule has 2 atom stereocenters. The molecule has 0 aliphatic rings. The molecule has 162 valence electrons. The number of hydrogen-bond acceptors (Lipinski definition) is 2. The minimum absolute atomic E-state index is 0.0393. The Labute approximate surface area is 185 Å². The predicted molar refractivity (Wildman–Crippen MR) is 123 cm³/mol. The molecule has 0 aliphatic heterocycles. The Balaban J connectivity index is 2.23. The van der Waals surface area contributed by atoms with Crippen molar-refractivity contribution < 1.29 is 9.59 Å². The number of rotatable bonds is 10. The van der Waals surface area contributed by atoms with Crippen molar-refractivity contribution in [2.45, 2.75) is 72.0 Å². The summed E-state index contributed by atoms with van der Waals surface area (Å²) >= 11 is 6.26. The second-order valence-electron chi connectivity index (χ2n) is 7.84. The molecule has 0 radical (unpaired) electrons. The van der Waals surface area contributed by atoms with Gasteiger partial charge in [0.25, 0.3) is 0 Å². The van der Waals surface area contributed by atoms with Crippen LogP contribution in [0.2, 0.25) is 5.02 Å². The largest absolute Gasteiger partial charge is 0.352 e. The van der Waals surface area contributed by atoms with Crippen molar-refractivity contribution in [1.82, 2.24) is 10.2 Å². The Kier molecular flexibility index (Phi) is 9.38. The summed E-state index contributed by atoms with van der Waals surface area (Å²) < 4.78 is 0. The molecule has 2 amide bonds. The van der Waals surface area contributed by atoms with Gasteiger partial charge in [-0.15, -0.1) is 0 Å². The van der Waals surface area contributed by atoms with E-state index in [4.69, 9.17) is 11.6 Å². The number of nitrogens with one attached hydrogen (secondary N) is 1. The predicted octanol–water partition coefficient (Wildman–Crippen LogP) is 5.30. The van der Waals surface area contributed by atoms with E-state index < -0.39 is 6.04 Å². The monoisotopic (exact) mass is 428 g/mol. The van der Waals surface area contributed by atoms with Crippen LogP contribution in [0.5, 0.6) is 0 Å². The molecule has 0 heterocycles. The standard InChI is InChI=1S/C25H33ClN2O2/c1-5-19(4)27-25(30)23(6-2)28(17-20-11-9-10-18(3)16-20)24(29)15-14-21-12-7-8-13-22(21)26/h7-13,16,19,23H,5-6,14-15,17H2,1-4H3,(H,27,30)/t19-,23+/m0/s1. The molecule has 0 unspecified atom stereocenters.